The molecule has 94 valence electrons. The molecule has 0 fully saturated rings. The lowest BCUT2D eigenvalue weighted by Crippen LogP contribution is -2.11. The zero-order valence-corrected chi connectivity index (χ0v) is 10.2. The lowest BCUT2D eigenvalue weighted by Gasteiger charge is -2.04. The summed E-state index contributed by atoms with van der Waals surface area (Å²) in [6.45, 7) is 2.34. The number of halogens is 1. The quantitative estimate of drug-likeness (QED) is 0.886. The summed E-state index contributed by atoms with van der Waals surface area (Å²) in [5.74, 6) is 1.85. The second-order valence-corrected chi connectivity index (χ2v) is 4.06. The zero-order valence-electron chi connectivity index (χ0n) is 10.2. The summed E-state index contributed by atoms with van der Waals surface area (Å²) >= 11 is 0. The van der Waals surface area contributed by atoms with Gasteiger partial charge in [-0.25, -0.2) is 19.3 Å². The highest BCUT2D eigenvalue weighted by molar-refractivity contribution is 5.20. The minimum absolute atomic E-state index is 0.241. The van der Waals surface area contributed by atoms with Crippen LogP contribution in [0, 0.1) is 12.7 Å². The molecule has 0 radical (unpaired) electrons. The van der Waals surface area contributed by atoms with Gasteiger partial charge in [0.2, 0.25) is 0 Å². The predicted molar refractivity (Wildman–Crippen MR) is 66.5 cm³/mol. The van der Waals surface area contributed by atoms with Gasteiger partial charge in [0.15, 0.2) is 0 Å². The van der Waals surface area contributed by atoms with Gasteiger partial charge in [-0.3, -0.25) is 0 Å². The largest absolute Gasteiger partial charge is 0.330 e. The van der Waals surface area contributed by atoms with Gasteiger partial charge in [0.05, 0.1) is 0 Å². The van der Waals surface area contributed by atoms with Crippen LogP contribution in [-0.2, 0) is 12.8 Å². The second kappa shape index (κ2) is 5.64. The van der Waals surface area contributed by atoms with Crippen LogP contribution >= 0.6 is 0 Å². The molecule has 2 aromatic rings. The van der Waals surface area contributed by atoms with Crippen LogP contribution in [0.3, 0.4) is 0 Å². The number of aryl methyl sites for hydroxylation is 1. The van der Waals surface area contributed by atoms with Crippen molar-refractivity contribution in [2.45, 2.75) is 19.8 Å². The average molecular weight is 246 g/mol. The topological polar surface area (TPSA) is 64.7 Å². The van der Waals surface area contributed by atoms with Crippen LogP contribution in [0.25, 0.3) is 0 Å². The minimum atomic E-state index is -0.241. The van der Waals surface area contributed by atoms with Gasteiger partial charge in [0.1, 0.15) is 23.3 Å². The van der Waals surface area contributed by atoms with Crippen molar-refractivity contribution in [1.29, 1.82) is 0 Å². The van der Waals surface area contributed by atoms with E-state index < -0.39 is 0 Å². The molecule has 4 nitrogen and oxygen atoms in total. The van der Waals surface area contributed by atoms with Gasteiger partial charge < -0.3 is 5.73 Å². The highest BCUT2D eigenvalue weighted by atomic mass is 19.1. The van der Waals surface area contributed by atoms with Crippen LogP contribution in [0.2, 0.25) is 0 Å². The molecule has 1 aromatic heterocycles. The third kappa shape index (κ3) is 3.30. The van der Waals surface area contributed by atoms with Gasteiger partial charge in [-0.2, -0.15) is 0 Å². The summed E-state index contributed by atoms with van der Waals surface area (Å²) < 4.78 is 12.8. The first-order valence-corrected chi connectivity index (χ1v) is 5.82. The van der Waals surface area contributed by atoms with E-state index in [2.05, 4.69) is 15.0 Å². The third-order valence-electron chi connectivity index (χ3n) is 2.48. The normalized spacial score (nSPS) is 10.6. The van der Waals surface area contributed by atoms with E-state index in [4.69, 9.17) is 5.73 Å². The first-order chi connectivity index (χ1) is 8.67. The number of benzene rings is 1. The standard InChI is InChI=1S/C13H15FN4/c1-9-16-12(6-7-15)18-13(17-9)8-10-2-4-11(14)5-3-10/h2-5H,6-8,15H2,1H3. The summed E-state index contributed by atoms with van der Waals surface area (Å²) in [5.41, 5.74) is 6.46. The summed E-state index contributed by atoms with van der Waals surface area (Å²) in [7, 11) is 0. The van der Waals surface area contributed by atoms with Crippen molar-refractivity contribution in [3.8, 4) is 0 Å². The van der Waals surface area contributed by atoms with E-state index in [0.29, 0.717) is 36.9 Å². The Morgan fingerprint density at radius 3 is 2.39 bits per heavy atom. The molecular weight excluding hydrogens is 231 g/mol. The van der Waals surface area contributed by atoms with Crippen molar-refractivity contribution in [1.82, 2.24) is 15.0 Å². The van der Waals surface area contributed by atoms with Crippen molar-refractivity contribution in [2.75, 3.05) is 6.54 Å². The van der Waals surface area contributed by atoms with Gasteiger partial charge >= 0.3 is 0 Å². The van der Waals surface area contributed by atoms with Gasteiger partial charge in [-0.05, 0) is 31.2 Å². The Bertz CT molecular complexity index is 525. The first-order valence-electron chi connectivity index (χ1n) is 5.82. The summed E-state index contributed by atoms with van der Waals surface area (Å²) in [6, 6.07) is 6.34. The molecule has 2 N–H and O–H groups in total. The molecule has 0 aliphatic carbocycles. The number of hydrogen-bond acceptors (Lipinski definition) is 4. The molecular formula is C13H15FN4. The molecule has 0 aliphatic heterocycles. The maximum Gasteiger partial charge on any atom is 0.136 e. The van der Waals surface area contributed by atoms with Crippen molar-refractivity contribution < 1.29 is 4.39 Å². The van der Waals surface area contributed by atoms with Crippen LogP contribution in [0.15, 0.2) is 24.3 Å². The molecule has 5 heteroatoms. The van der Waals surface area contributed by atoms with Crippen molar-refractivity contribution >= 4 is 0 Å². The number of nitrogens with two attached hydrogens (primary N) is 1. The molecule has 0 atom stereocenters. The molecule has 2 rings (SSSR count). The molecule has 18 heavy (non-hydrogen) atoms. The Morgan fingerprint density at radius 2 is 1.72 bits per heavy atom. The van der Waals surface area contributed by atoms with E-state index in [1.165, 1.54) is 12.1 Å². The van der Waals surface area contributed by atoms with E-state index in [-0.39, 0.29) is 5.82 Å². The monoisotopic (exact) mass is 246 g/mol. The Labute approximate surface area is 105 Å². The molecule has 0 bridgehead atoms. The van der Waals surface area contributed by atoms with Crippen LogP contribution in [0.1, 0.15) is 23.0 Å². The van der Waals surface area contributed by atoms with Crippen molar-refractivity contribution in [3.63, 3.8) is 0 Å². The van der Waals surface area contributed by atoms with Crippen LogP contribution in [0.5, 0.6) is 0 Å². The zero-order chi connectivity index (χ0) is 13.0. The van der Waals surface area contributed by atoms with E-state index in [9.17, 15) is 4.39 Å². The molecule has 1 heterocycles. The van der Waals surface area contributed by atoms with Crippen LogP contribution in [0.4, 0.5) is 4.39 Å². The summed E-state index contributed by atoms with van der Waals surface area (Å²) in [6.07, 6.45) is 1.21. The molecule has 0 aliphatic rings. The maximum atomic E-state index is 12.8. The van der Waals surface area contributed by atoms with Gasteiger partial charge in [0, 0.05) is 12.8 Å². The number of nitrogens with zero attached hydrogens (tertiary/aromatic N) is 3. The third-order valence-corrected chi connectivity index (χ3v) is 2.48. The molecule has 0 saturated heterocycles. The molecule has 0 spiro atoms. The fourth-order valence-electron chi connectivity index (χ4n) is 1.70. The van der Waals surface area contributed by atoms with Gasteiger partial charge in [-0.1, -0.05) is 12.1 Å². The van der Waals surface area contributed by atoms with E-state index >= 15 is 0 Å². The fourth-order valence-corrected chi connectivity index (χ4v) is 1.70. The lowest BCUT2D eigenvalue weighted by atomic mass is 10.1. The van der Waals surface area contributed by atoms with Gasteiger partial charge in [0.25, 0.3) is 0 Å². The van der Waals surface area contributed by atoms with E-state index in [0.717, 1.165) is 5.56 Å². The Kier molecular flexibility index (Phi) is 3.94. The number of aromatic nitrogens is 3. The second-order valence-electron chi connectivity index (χ2n) is 4.06. The van der Waals surface area contributed by atoms with E-state index in [1.807, 2.05) is 6.92 Å². The number of rotatable bonds is 4. The SMILES string of the molecule is Cc1nc(CCN)nc(Cc2ccc(F)cc2)n1. The Hall–Kier alpha value is -1.88. The average Bonchev–Trinajstić information content (AvgIpc) is 2.32. The molecule has 0 unspecified atom stereocenters. The molecule has 1 aromatic carbocycles. The predicted octanol–water partition coefficient (Wildman–Crippen LogP) is 1.41. The Morgan fingerprint density at radius 1 is 1.06 bits per heavy atom. The lowest BCUT2D eigenvalue weighted by molar-refractivity contribution is 0.627. The highest BCUT2D eigenvalue weighted by Gasteiger charge is 2.04. The fraction of sp³-hybridized carbons (Fsp3) is 0.308. The van der Waals surface area contributed by atoms with Crippen molar-refractivity contribution in [3.05, 3.63) is 53.1 Å². The minimum Gasteiger partial charge on any atom is -0.330 e. The summed E-state index contributed by atoms with van der Waals surface area (Å²) in [5, 5.41) is 0. The van der Waals surface area contributed by atoms with Crippen molar-refractivity contribution in [2.24, 2.45) is 5.73 Å². The van der Waals surface area contributed by atoms with Crippen LogP contribution in [-0.4, -0.2) is 21.5 Å². The van der Waals surface area contributed by atoms with Crippen LogP contribution < -0.4 is 5.73 Å². The van der Waals surface area contributed by atoms with Gasteiger partial charge in [-0.15, -0.1) is 0 Å². The number of hydrogen-bond donors (Lipinski definition) is 1. The maximum absolute atomic E-state index is 12.8. The van der Waals surface area contributed by atoms with E-state index in [1.54, 1.807) is 12.1 Å². The first kappa shape index (κ1) is 12.6. The molecule has 0 amide bonds. The molecule has 0 saturated carbocycles. The highest BCUT2D eigenvalue weighted by Crippen LogP contribution is 2.08. The Balaban J connectivity index is 2.20. The summed E-state index contributed by atoms with van der Waals surface area (Å²) in [4.78, 5) is 12.8. The smallest absolute Gasteiger partial charge is 0.136 e.